The van der Waals surface area contributed by atoms with Gasteiger partial charge in [-0.25, -0.2) is 14.8 Å². The van der Waals surface area contributed by atoms with E-state index >= 15 is 0 Å². The summed E-state index contributed by atoms with van der Waals surface area (Å²) >= 11 is 0. The van der Waals surface area contributed by atoms with Crippen LogP contribution < -0.4 is 21.1 Å². The van der Waals surface area contributed by atoms with Gasteiger partial charge in [-0.2, -0.15) is 4.39 Å². The number of hydrogen-bond donors (Lipinski definition) is 4. The second-order valence-corrected chi connectivity index (χ2v) is 7.97. The van der Waals surface area contributed by atoms with Crippen molar-refractivity contribution in [2.24, 2.45) is 11.8 Å². The summed E-state index contributed by atoms with van der Waals surface area (Å²) in [4.78, 5) is 33.6. The van der Waals surface area contributed by atoms with Crippen LogP contribution in [0.15, 0.2) is 0 Å². The number of carbonyl (C=O) groups excluding carboxylic acids is 1. The van der Waals surface area contributed by atoms with Gasteiger partial charge in [0.25, 0.3) is 0 Å². The summed E-state index contributed by atoms with van der Waals surface area (Å²) in [5, 5.41) is 11.2. The van der Waals surface area contributed by atoms with Crippen LogP contribution in [0, 0.1) is 24.6 Å². The fourth-order valence-electron chi connectivity index (χ4n) is 4.01. The topological polar surface area (TPSA) is 119 Å². The van der Waals surface area contributed by atoms with Crippen molar-refractivity contribution in [3.63, 3.8) is 0 Å². The molecule has 1 unspecified atom stereocenters. The van der Waals surface area contributed by atoms with E-state index in [1.165, 1.54) is 0 Å². The van der Waals surface area contributed by atoms with Crippen LogP contribution in [0.2, 0.25) is 0 Å². The summed E-state index contributed by atoms with van der Waals surface area (Å²) in [7, 11) is 0. The molecule has 160 valence electrons. The van der Waals surface area contributed by atoms with Gasteiger partial charge in [-0.15, -0.1) is 0 Å². The van der Waals surface area contributed by atoms with E-state index < -0.39 is 17.8 Å². The maximum absolute atomic E-state index is 14.9. The first kappa shape index (κ1) is 21.1. The van der Waals surface area contributed by atoms with E-state index in [9.17, 15) is 14.0 Å². The van der Waals surface area contributed by atoms with Crippen molar-refractivity contribution in [2.45, 2.75) is 58.4 Å². The highest BCUT2D eigenvalue weighted by molar-refractivity contribution is 5.80. The predicted molar refractivity (Wildman–Crippen MR) is 106 cm³/mol. The Kier molecular flexibility index (Phi) is 6.71. The van der Waals surface area contributed by atoms with Crippen molar-refractivity contribution in [1.82, 2.24) is 20.7 Å². The van der Waals surface area contributed by atoms with Crippen molar-refractivity contribution in [2.75, 3.05) is 23.4 Å². The molecule has 1 saturated heterocycles. The SMILES string of the molecule is Cc1nc(NNC(=O)[C@@H](CNC(=O)O)CC2CCCC2)c(F)c(N2CCC2C)n1. The third-order valence-corrected chi connectivity index (χ3v) is 5.80. The number of aromatic nitrogens is 2. The van der Waals surface area contributed by atoms with Crippen molar-refractivity contribution < 1.29 is 19.1 Å². The summed E-state index contributed by atoms with van der Waals surface area (Å²) in [5.74, 6) is -0.610. The molecule has 4 N–H and O–H groups in total. The fourth-order valence-corrected chi connectivity index (χ4v) is 4.01. The van der Waals surface area contributed by atoms with Gasteiger partial charge in [-0.05, 0) is 32.6 Å². The van der Waals surface area contributed by atoms with Gasteiger partial charge in [-0.1, -0.05) is 25.7 Å². The number of rotatable bonds is 8. The van der Waals surface area contributed by atoms with Gasteiger partial charge in [-0.3, -0.25) is 15.6 Å². The molecule has 0 spiro atoms. The molecule has 1 aromatic heterocycles. The van der Waals surface area contributed by atoms with Gasteiger partial charge in [0.15, 0.2) is 11.6 Å². The Bertz CT molecular complexity index is 756. The second kappa shape index (κ2) is 9.23. The summed E-state index contributed by atoms with van der Waals surface area (Å²) in [6.07, 6.45) is 4.74. The number of nitrogens with zero attached hydrogens (tertiary/aromatic N) is 3. The van der Waals surface area contributed by atoms with Crippen LogP contribution in [0.3, 0.4) is 0 Å². The summed E-state index contributed by atoms with van der Waals surface area (Å²) in [5.41, 5.74) is 5.08. The van der Waals surface area contributed by atoms with Gasteiger partial charge < -0.3 is 15.3 Å². The highest BCUT2D eigenvalue weighted by Gasteiger charge is 2.30. The third kappa shape index (κ3) is 5.24. The number of carbonyl (C=O) groups is 2. The number of aryl methyl sites for hydroxylation is 1. The standard InChI is InChI=1S/C19H29FN6O3/c1-11-7-8-26(11)17-15(20)16(22-12(2)23-17)24-25-18(27)14(10-21-19(28)29)9-13-5-3-4-6-13/h11,13-14,21H,3-10H2,1-2H3,(H,25,27)(H,28,29)(H,22,23,24)/t11?,14-/m1/s1. The molecule has 1 saturated carbocycles. The van der Waals surface area contributed by atoms with Crippen LogP contribution in [0.25, 0.3) is 0 Å². The maximum Gasteiger partial charge on any atom is 0.404 e. The lowest BCUT2D eigenvalue weighted by molar-refractivity contribution is -0.124. The minimum Gasteiger partial charge on any atom is -0.465 e. The van der Waals surface area contributed by atoms with E-state index in [1.54, 1.807) is 6.92 Å². The number of amides is 2. The van der Waals surface area contributed by atoms with Gasteiger partial charge >= 0.3 is 6.09 Å². The van der Waals surface area contributed by atoms with Crippen LogP contribution in [0.1, 0.15) is 51.3 Å². The molecule has 0 aromatic carbocycles. The zero-order valence-electron chi connectivity index (χ0n) is 16.9. The number of nitrogens with one attached hydrogen (secondary N) is 3. The molecule has 1 aliphatic heterocycles. The molecule has 2 heterocycles. The monoisotopic (exact) mass is 408 g/mol. The molecule has 10 heteroatoms. The Hall–Kier alpha value is -2.65. The maximum atomic E-state index is 14.9. The molecule has 2 aliphatic rings. The Morgan fingerprint density at radius 1 is 1.28 bits per heavy atom. The first-order valence-corrected chi connectivity index (χ1v) is 10.2. The molecule has 29 heavy (non-hydrogen) atoms. The summed E-state index contributed by atoms with van der Waals surface area (Å²) in [6.45, 7) is 4.41. The lowest BCUT2D eigenvalue weighted by Crippen LogP contribution is -2.47. The molecule has 1 aromatic rings. The van der Waals surface area contributed by atoms with Crippen LogP contribution in [0.4, 0.5) is 20.8 Å². The van der Waals surface area contributed by atoms with Crippen molar-refractivity contribution in [1.29, 1.82) is 0 Å². The molecule has 0 bridgehead atoms. The average molecular weight is 408 g/mol. The number of hydrazine groups is 1. The summed E-state index contributed by atoms with van der Waals surface area (Å²) < 4.78 is 14.9. The average Bonchev–Trinajstić information content (AvgIpc) is 3.18. The molecule has 2 atom stereocenters. The van der Waals surface area contributed by atoms with Crippen molar-refractivity contribution in [3.8, 4) is 0 Å². The Labute approximate surface area is 169 Å². The molecule has 9 nitrogen and oxygen atoms in total. The third-order valence-electron chi connectivity index (χ3n) is 5.80. The van der Waals surface area contributed by atoms with E-state index in [4.69, 9.17) is 5.11 Å². The first-order chi connectivity index (χ1) is 13.8. The Morgan fingerprint density at radius 2 is 2.00 bits per heavy atom. The van der Waals surface area contributed by atoms with Crippen LogP contribution >= 0.6 is 0 Å². The highest BCUT2D eigenvalue weighted by Crippen LogP contribution is 2.31. The zero-order chi connectivity index (χ0) is 21.0. The lowest BCUT2D eigenvalue weighted by Gasteiger charge is -2.39. The van der Waals surface area contributed by atoms with Crippen molar-refractivity contribution in [3.05, 3.63) is 11.6 Å². The zero-order valence-corrected chi connectivity index (χ0v) is 16.9. The van der Waals surface area contributed by atoms with Crippen LogP contribution in [0.5, 0.6) is 0 Å². The number of anilines is 2. The molecular formula is C19H29FN6O3. The largest absolute Gasteiger partial charge is 0.465 e. The Morgan fingerprint density at radius 3 is 2.59 bits per heavy atom. The van der Waals surface area contributed by atoms with E-state index in [2.05, 4.69) is 26.1 Å². The molecule has 2 fully saturated rings. The quantitative estimate of drug-likeness (QED) is 0.488. The molecule has 0 radical (unpaired) electrons. The normalized spacial score (nSPS) is 20.1. The second-order valence-electron chi connectivity index (χ2n) is 7.97. The van der Waals surface area contributed by atoms with E-state index in [1.807, 2.05) is 11.8 Å². The number of halogens is 1. The number of hydrogen-bond acceptors (Lipinski definition) is 6. The molecular weight excluding hydrogens is 379 g/mol. The lowest BCUT2D eigenvalue weighted by atomic mass is 9.92. The number of carboxylic acid groups (broad SMARTS) is 1. The summed E-state index contributed by atoms with van der Waals surface area (Å²) in [6, 6.07) is 0.208. The first-order valence-electron chi connectivity index (χ1n) is 10.2. The van der Waals surface area contributed by atoms with Gasteiger partial charge in [0.05, 0.1) is 5.92 Å². The molecule has 1 aliphatic carbocycles. The van der Waals surface area contributed by atoms with Crippen molar-refractivity contribution >= 4 is 23.6 Å². The van der Waals surface area contributed by atoms with E-state index in [-0.39, 0.29) is 30.1 Å². The van der Waals surface area contributed by atoms with Gasteiger partial charge in [0.2, 0.25) is 11.7 Å². The smallest absolute Gasteiger partial charge is 0.404 e. The minimum atomic E-state index is -1.17. The van der Waals surface area contributed by atoms with Crippen LogP contribution in [-0.4, -0.2) is 46.2 Å². The fraction of sp³-hybridized carbons (Fsp3) is 0.684. The minimum absolute atomic E-state index is 0.0151. The van der Waals surface area contributed by atoms with Gasteiger partial charge in [0, 0.05) is 19.1 Å². The van der Waals surface area contributed by atoms with E-state index in [0.717, 1.165) is 38.6 Å². The molecule has 3 rings (SSSR count). The van der Waals surface area contributed by atoms with E-state index in [0.29, 0.717) is 18.2 Å². The molecule has 2 amide bonds. The predicted octanol–water partition coefficient (Wildman–Crippen LogP) is 2.43. The van der Waals surface area contributed by atoms with Gasteiger partial charge in [0.1, 0.15) is 5.82 Å². The van der Waals surface area contributed by atoms with Crippen LogP contribution in [-0.2, 0) is 4.79 Å². The highest BCUT2D eigenvalue weighted by atomic mass is 19.1. The Balaban J connectivity index is 1.65.